The number of rotatable bonds is 8. The van der Waals surface area contributed by atoms with E-state index in [9.17, 15) is 17.6 Å². The van der Waals surface area contributed by atoms with Crippen LogP contribution >= 0.6 is 0 Å². The molecule has 4 rings (SSSR count). The third-order valence-corrected chi connectivity index (χ3v) is 8.08. The molecule has 198 valence electrons. The maximum atomic E-state index is 13.5. The monoisotopic (exact) mass is 534 g/mol. The molecular weight excluding hydrogens is 503 g/mol. The average molecular weight is 535 g/mol. The molecule has 1 aromatic heterocycles. The largest absolute Gasteiger partial charge is 0.309 e. The third-order valence-electron chi connectivity index (χ3n) is 6.15. The van der Waals surface area contributed by atoms with Crippen molar-refractivity contribution in [3.05, 3.63) is 96.3 Å². The first-order chi connectivity index (χ1) is 18.0. The topological polar surface area (TPSA) is 84.3 Å². The molecule has 0 fully saturated rings. The van der Waals surface area contributed by atoms with E-state index in [0.29, 0.717) is 17.2 Å². The number of aromatic nitrogens is 2. The Labute approximate surface area is 223 Å². The molecule has 0 aliphatic carbocycles. The van der Waals surface area contributed by atoms with Crippen molar-refractivity contribution in [2.24, 2.45) is 0 Å². The van der Waals surface area contributed by atoms with Crippen LogP contribution in [0, 0.1) is 5.82 Å². The Morgan fingerprint density at radius 2 is 1.61 bits per heavy atom. The van der Waals surface area contributed by atoms with Crippen molar-refractivity contribution in [3.8, 4) is 16.9 Å². The van der Waals surface area contributed by atoms with Gasteiger partial charge >= 0.3 is 0 Å². The lowest BCUT2D eigenvalue weighted by atomic mass is 9.87. The minimum absolute atomic E-state index is 0.112. The molecule has 0 unspecified atom stereocenters. The van der Waals surface area contributed by atoms with Gasteiger partial charge in [-0.25, -0.2) is 17.5 Å². The lowest BCUT2D eigenvalue weighted by Crippen LogP contribution is -2.38. The Morgan fingerprint density at radius 3 is 2.18 bits per heavy atom. The standard InChI is InChI=1S/C29H31FN4O3S/c1-5-33(38(36,37)25-17-11-22(12-18-25)29(2,3)4)20-28(35)31-27-19-26(21-9-7-6-8-10-21)32-34(27)24-15-13-23(30)14-16-24/h6-19H,5,20H2,1-4H3,(H,31,35). The zero-order chi connectivity index (χ0) is 27.5. The molecule has 4 aromatic rings. The van der Waals surface area contributed by atoms with Crippen LogP contribution in [0.1, 0.15) is 33.3 Å². The van der Waals surface area contributed by atoms with Crippen LogP contribution < -0.4 is 5.32 Å². The molecule has 9 heteroatoms. The summed E-state index contributed by atoms with van der Waals surface area (Å²) in [5, 5.41) is 7.40. The van der Waals surface area contributed by atoms with Gasteiger partial charge in [0.15, 0.2) is 0 Å². The maximum absolute atomic E-state index is 13.5. The summed E-state index contributed by atoms with van der Waals surface area (Å²) >= 11 is 0. The summed E-state index contributed by atoms with van der Waals surface area (Å²) in [5.41, 5.74) is 2.88. The number of anilines is 1. The molecule has 0 bridgehead atoms. The summed E-state index contributed by atoms with van der Waals surface area (Å²) in [4.78, 5) is 13.2. The summed E-state index contributed by atoms with van der Waals surface area (Å²) in [6.45, 7) is 7.58. The Hall–Kier alpha value is -3.82. The van der Waals surface area contributed by atoms with Crippen molar-refractivity contribution < 1.29 is 17.6 Å². The van der Waals surface area contributed by atoms with Gasteiger partial charge in [-0.05, 0) is 47.4 Å². The average Bonchev–Trinajstić information content (AvgIpc) is 3.31. The number of nitrogens with one attached hydrogen (secondary N) is 1. The van der Waals surface area contributed by atoms with Gasteiger partial charge in [-0.2, -0.15) is 9.40 Å². The van der Waals surface area contributed by atoms with E-state index in [0.717, 1.165) is 15.4 Å². The van der Waals surface area contributed by atoms with Crippen molar-refractivity contribution in [1.82, 2.24) is 14.1 Å². The molecule has 0 spiro atoms. The van der Waals surface area contributed by atoms with E-state index in [2.05, 4.69) is 31.2 Å². The second kappa shape index (κ2) is 10.9. The smallest absolute Gasteiger partial charge is 0.243 e. The van der Waals surface area contributed by atoms with Crippen LogP contribution in [0.2, 0.25) is 0 Å². The van der Waals surface area contributed by atoms with E-state index >= 15 is 0 Å². The van der Waals surface area contributed by atoms with Crippen molar-refractivity contribution in [3.63, 3.8) is 0 Å². The SMILES string of the molecule is CCN(CC(=O)Nc1cc(-c2ccccc2)nn1-c1ccc(F)cc1)S(=O)(=O)c1ccc(C(C)(C)C)cc1. The highest BCUT2D eigenvalue weighted by Gasteiger charge is 2.26. The number of amides is 1. The van der Waals surface area contributed by atoms with Gasteiger partial charge in [0.05, 0.1) is 22.8 Å². The predicted octanol–water partition coefficient (Wildman–Crippen LogP) is 5.63. The lowest BCUT2D eigenvalue weighted by Gasteiger charge is -2.22. The van der Waals surface area contributed by atoms with Gasteiger partial charge in [-0.1, -0.05) is 70.2 Å². The zero-order valence-electron chi connectivity index (χ0n) is 21.8. The number of benzene rings is 3. The molecule has 0 radical (unpaired) electrons. The minimum atomic E-state index is -3.90. The fourth-order valence-corrected chi connectivity index (χ4v) is 5.39. The Morgan fingerprint density at radius 1 is 0.974 bits per heavy atom. The Kier molecular flexibility index (Phi) is 7.80. The van der Waals surface area contributed by atoms with Crippen LogP contribution in [0.25, 0.3) is 16.9 Å². The van der Waals surface area contributed by atoms with E-state index in [1.54, 1.807) is 49.4 Å². The molecule has 1 N–H and O–H groups in total. The molecule has 3 aromatic carbocycles. The van der Waals surface area contributed by atoms with E-state index < -0.39 is 21.7 Å². The van der Waals surface area contributed by atoms with E-state index in [-0.39, 0.29) is 23.4 Å². The number of sulfonamides is 1. The number of likely N-dealkylation sites (N-methyl/N-ethyl adjacent to an activating group) is 1. The summed E-state index contributed by atoms with van der Waals surface area (Å²) in [5.74, 6) is -0.581. The molecule has 0 aliphatic rings. The fraction of sp³-hybridized carbons (Fsp3) is 0.241. The van der Waals surface area contributed by atoms with E-state index in [4.69, 9.17) is 0 Å². The van der Waals surface area contributed by atoms with Crippen molar-refractivity contribution >= 4 is 21.7 Å². The zero-order valence-corrected chi connectivity index (χ0v) is 22.7. The Bertz CT molecular complexity index is 1510. The fourth-order valence-electron chi connectivity index (χ4n) is 3.98. The molecule has 0 saturated carbocycles. The normalized spacial score (nSPS) is 12.1. The first kappa shape index (κ1) is 27.2. The van der Waals surface area contributed by atoms with Gasteiger partial charge in [0.2, 0.25) is 15.9 Å². The van der Waals surface area contributed by atoms with Crippen LogP contribution in [-0.4, -0.2) is 41.5 Å². The van der Waals surface area contributed by atoms with Crippen LogP contribution in [0.3, 0.4) is 0 Å². The highest BCUT2D eigenvalue weighted by atomic mass is 32.2. The summed E-state index contributed by atoms with van der Waals surface area (Å²) < 4.78 is 42.8. The van der Waals surface area contributed by atoms with Crippen molar-refractivity contribution in [1.29, 1.82) is 0 Å². The molecule has 0 saturated heterocycles. The molecule has 7 nitrogen and oxygen atoms in total. The van der Waals surface area contributed by atoms with Gasteiger partial charge in [-0.15, -0.1) is 0 Å². The van der Waals surface area contributed by atoms with Crippen molar-refractivity contribution in [2.75, 3.05) is 18.4 Å². The number of hydrogen-bond donors (Lipinski definition) is 1. The van der Waals surface area contributed by atoms with E-state index in [1.165, 1.54) is 16.8 Å². The second-order valence-corrected chi connectivity index (χ2v) is 11.9. The minimum Gasteiger partial charge on any atom is -0.309 e. The first-order valence-corrected chi connectivity index (χ1v) is 13.7. The van der Waals surface area contributed by atoms with Gasteiger partial charge in [0, 0.05) is 18.2 Å². The number of carbonyl (C=O) groups is 1. The highest BCUT2D eigenvalue weighted by Crippen LogP contribution is 2.26. The summed E-state index contributed by atoms with van der Waals surface area (Å²) in [7, 11) is -3.90. The number of hydrogen-bond acceptors (Lipinski definition) is 4. The molecule has 1 heterocycles. The third kappa shape index (κ3) is 6.00. The Balaban J connectivity index is 1.59. The molecule has 0 aliphatic heterocycles. The first-order valence-electron chi connectivity index (χ1n) is 12.3. The van der Waals surface area contributed by atoms with E-state index in [1.807, 2.05) is 30.3 Å². The second-order valence-electron chi connectivity index (χ2n) is 9.92. The van der Waals surface area contributed by atoms with Gasteiger partial charge in [-0.3, -0.25) is 4.79 Å². The quantitative estimate of drug-likeness (QED) is 0.318. The van der Waals surface area contributed by atoms with Gasteiger partial charge in [0.1, 0.15) is 11.6 Å². The summed E-state index contributed by atoms with van der Waals surface area (Å²) in [6, 6.07) is 23.6. The highest BCUT2D eigenvalue weighted by molar-refractivity contribution is 7.89. The van der Waals surface area contributed by atoms with Crippen LogP contribution in [0.4, 0.5) is 10.2 Å². The number of halogens is 1. The maximum Gasteiger partial charge on any atom is 0.243 e. The number of carbonyl (C=O) groups excluding carboxylic acids is 1. The van der Waals surface area contributed by atoms with Crippen molar-refractivity contribution in [2.45, 2.75) is 38.0 Å². The molecular formula is C29H31FN4O3S. The molecule has 38 heavy (non-hydrogen) atoms. The lowest BCUT2D eigenvalue weighted by molar-refractivity contribution is -0.116. The number of nitrogens with zero attached hydrogens (tertiary/aromatic N) is 3. The summed E-state index contributed by atoms with van der Waals surface area (Å²) in [6.07, 6.45) is 0. The predicted molar refractivity (Wildman–Crippen MR) is 147 cm³/mol. The van der Waals surface area contributed by atoms with Gasteiger partial charge < -0.3 is 5.32 Å². The van der Waals surface area contributed by atoms with Gasteiger partial charge in [0.25, 0.3) is 0 Å². The van der Waals surface area contributed by atoms with Crippen LogP contribution in [0.15, 0.2) is 89.8 Å². The van der Waals surface area contributed by atoms with Crippen LogP contribution in [0.5, 0.6) is 0 Å². The molecule has 0 atom stereocenters. The van der Waals surface area contributed by atoms with Crippen LogP contribution in [-0.2, 0) is 20.2 Å². The molecule has 1 amide bonds.